The van der Waals surface area contributed by atoms with Gasteiger partial charge < -0.3 is 19.7 Å². The Morgan fingerprint density at radius 1 is 1.25 bits per heavy atom. The molecule has 150 valence electrons. The van der Waals surface area contributed by atoms with Gasteiger partial charge in [-0.15, -0.1) is 0 Å². The summed E-state index contributed by atoms with van der Waals surface area (Å²) in [4.78, 5) is 19.3. The first-order valence-electron chi connectivity index (χ1n) is 10.3. The number of aromatic nitrogens is 1. The van der Waals surface area contributed by atoms with Crippen LogP contribution in [0.4, 0.5) is 5.82 Å². The van der Waals surface area contributed by atoms with E-state index in [4.69, 9.17) is 14.5 Å². The Kier molecular flexibility index (Phi) is 5.95. The third kappa shape index (κ3) is 4.55. The number of rotatable bonds is 6. The molecule has 1 aromatic carbocycles. The number of fused-ring (bicyclic) bond motifs is 1. The van der Waals surface area contributed by atoms with E-state index in [-0.39, 0.29) is 18.6 Å². The average molecular weight is 383 g/mol. The number of nitrogens with zero attached hydrogens (tertiary/aromatic N) is 2. The Morgan fingerprint density at radius 3 is 2.89 bits per heavy atom. The molecule has 4 rings (SSSR count). The molecule has 1 amide bonds. The van der Waals surface area contributed by atoms with Crippen LogP contribution in [0.5, 0.6) is 5.75 Å². The van der Waals surface area contributed by atoms with Gasteiger partial charge in [0.15, 0.2) is 6.61 Å². The summed E-state index contributed by atoms with van der Waals surface area (Å²) < 4.78 is 11.4. The van der Waals surface area contributed by atoms with Gasteiger partial charge in [0.1, 0.15) is 17.1 Å². The van der Waals surface area contributed by atoms with Crippen molar-refractivity contribution >= 4 is 22.6 Å². The molecule has 0 aliphatic carbocycles. The maximum Gasteiger partial charge on any atom is 0.258 e. The van der Waals surface area contributed by atoms with Crippen LogP contribution in [0.2, 0.25) is 0 Å². The number of hydrogen-bond donors (Lipinski definition) is 1. The lowest BCUT2D eigenvalue weighted by Crippen LogP contribution is -2.35. The summed E-state index contributed by atoms with van der Waals surface area (Å²) in [6, 6.07) is 10.0. The lowest BCUT2D eigenvalue weighted by atomic mass is 9.99. The third-order valence-electron chi connectivity index (χ3n) is 5.69. The van der Waals surface area contributed by atoms with Crippen molar-refractivity contribution in [2.24, 2.45) is 5.92 Å². The Bertz CT molecular complexity index is 812. The van der Waals surface area contributed by atoms with E-state index in [0.717, 1.165) is 55.2 Å². The molecule has 28 heavy (non-hydrogen) atoms. The van der Waals surface area contributed by atoms with Gasteiger partial charge in [-0.05, 0) is 49.8 Å². The number of amides is 1. The molecular weight excluding hydrogens is 354 g/mol. The van der Waals surface area contributed by atoms with E-state index < -0.39 is 0 Å². The zero-order valence-electron chi connectivity index (χ0n) is 16.5. The predicted molar refractivity (Wildman–Crippen MR) is 110 cm³/mol. The minimum atomic E-state index is -0.131. The second-order valence-corrected chi connectivity index (χ2v) is 7.89. The van der Waals surface area contributed by atoms with Crippen LogP contribution in [-0.4, -0.2) is 49.8 Å². The molecule has 2 saturated heterocycles. The van der Waals surface area contributed by atoms with Crippen molar-refractivity contribution in [2.45, 2.75) is 38.7 Å². The molecule has 0 radical (unpaired) electrons. The normalized spacial score (nSPS) is 20.5. The highest BCUT2D eigenvalue weighted by Crippen LogP contribution is 2.28. The van der Waals surface area contributed by atoms with Gasteiger partial charge in [-0.2, -0.15) is 0 Å². The van der Waals surface area contributed by atoms with Gasteiger partial charge in [-0.1, -0.05) is 19.1 Å². The van der Waals surface area contributed by atoms with Crippen LogP contribution in [0.25, 0.3) is 10.9 Å². The first-order valence-corrected chi connectivity index (χ1v) is 10.3. The number of benzene rings is 1. The number of carbonyl (C=O) groups is 1. The fraction of sp³-hybridized carbons (Fsp3) is 0.545. The van der Waals surface area contributed by atoms with E-state index in [1.807, 2.05) is 18.2 Å². The van der Waals surface area contributed by atoms with Crippen LogP contribution in [0, 0.1) is 5.92 Å². The minimum Gasteiger partial charge on any atom is -0.481 e. The summed E-state index contributed by atoms with van der Waals surface area (Å²) in [5.41, 5.74) is 0.811. The highest BCUT2D eigenvalue weighted by atomic mass is 16.5. The number of piperidine rings is 1. The Balaban J connectivity index is 1.41. The van der Waals surface area contributed by atoms with Gasteiger partial charge in [0.25, 0.3) is 5.91 Å². The molecule has 1 unspecified atom stereocenters. The Hall–Kier alpha value is -2.34. The lowest BCUT2D eigenvalue weighted by Gasteiger charge is -2.31. The van der Waals surface area contributed by atoms with Crippen molar-refractivity contribution in [3.63, 3.8) is 0 Å². The second kappa shape index (κ2) is 8.78. The van der Waals surface area contributed by atoms with Gasteiger partial charge in [0.05, 0.1) is 6.10 Å². The summed E-state index contributed by atoms with van der Waals surface area (Å²) in [6.45, 7) is 5.70. The predicted octanol–water partition coefficient (Wildman–Crippen LogP) is 3.15. The number of anilines is 1. The van der Waals surface area contributed by atoms with E-state index in [2.05, 4.69) is 29.3 Å². The zero-order chi connectivity index (χ0) is 19.3. The molecule has 0 saturated carbocycles. The summed E-state index contributed by atoms with van der Waals surface area (Å²) in [6.07, 6.45) is 4.60. The number of carbonyl (C=O) groups excluding carboxylic acids is 1. The quantitative estimate of drug-likeness (QED) is 0.830. The van der Waals surface area contributed by atoms with E-state index in [1.165, 1.54) is 12.8 Å². The lowest BCUT2D eigenvalue weighted by molar-refractivity contribution is -0.123. The van der Waals surface area contributed by atoms with Crippen LogP contribution in [0.15, 0.2) is 30.3 Å². The Labute approximate surface area is 166 Å². The number of ether oxygens (including phenoxy) is 2. The molecule has 2 aromatic rings. The van der Waals surface area contributed by atoms with Crippen LogP contribution in [0.1, 0.15) is 32.6 Å². The fourth-order valence-corrected chi connectivity index (χ4v) is 3.87. The highest BCUT2D eigenvalue weighted by Gasteiger charge is 2.18. The SMILES string of the molecule is CC1CCN(c2ccc3cccc(OCC(=O)NCC4CCCO4)c3n2)CC1. The average Bonchev–Trinajstić information content (AvgIpc) is 3.24. The maximum atomic E-state index is 12.1. The fourth-order valence-electron chi connectivity index (χ4n) is 3.87. The van der Waals surface area contributed by atoms with Crippen LogP contribution in [0.3, 0.4) is 0 Å². The van der Waals surface area contributed by atoms with Crippen molar-refractivity contribution in [1.82, 2.24) is 10.3 Å². The van der Waals surface area contributed by atoms with Gasteiger partial charge in [0, 0.05) is 31.6 Å². The van der Waals surface area contributed by atoms with E-state index in [9.17, 15) is 4.79 Å². The van der Waals surface area contributed by atoms with Crippen molar-refractivity contribution in [2.75, 3.05) is 37.7 Å². The zero-order valence-corrected chi connectivity index (χ0v) is 16.5. The smallest absolute Gasteiger partial charge is 0.258 e. The standard InChI is InChI=1S/C22H29N3O3/c1-16-9-11-25(12-10-16)20-8-7-17-4-2-6-19(22(17)24-20)28-15-21(26)23-14-18-5-3-13-27-18/h2,4,6-8,16,18H,3,5,9-15H2,1H3,(H,23,26). The van der Waals surface area contributed by atoms with Gasteiger partial charge in [-0.3, -0.25) is 4.79 Å². The van der Waals surface area contributed by atoms with Crippen LogP contribution < -0.4 is 15.0 Å². The van der Waals surface area contributed by atoms with Crippen molar-refractivity contribution in [3.05, 3.63) is 30.3 Å². The first-order chi connectivity index (χ1) is 13.7. The number of para-hydroxylation sites is 1. The summed E-state index contributed by atoms with van der Waals surface area (Å²) in [5, 5.41) is 3.91. The molecule has 0 spiro atoms. The van der Waals surface area contributed by atoms with E-state index in [0.29, 0.717) is 12.3 Å². The largest absolute Gasteiger partial charge is 0.481 e. The monoisotopic (exact) mass is 383 g/mol. The first kappa shape index (κ1) is 19.0. The number of hydrogen-bond acceptors (Lipinski definition) is 5. The van der Waals surface area contributed by atoms with Crippen LogP contribution in [-0.2, 0) is 9.53 Å². The van der Waals surface area contributed by atoms with Gasteiger partial charge in [-0.25, -0.2) is 4.98 Å². The minimum absolute atomic E-state index is 0.0149. The van der Waals surface area contributed by atoms with E-state index in [1.54, 1.807) is 0 Å². The summed E-state index contributed by atoms with van der Waals surface area (Å²) in [5.74, 6) is 2.28. The van der Waals surface area contributed by atoms with Gasteiger partial charge in [0.2, 0.25) is 0 Å². The van der Waals surface area contributed by atoms with Crippen molar-refractivity contribution in [3.8, 4) is 5.75 Å². The molecular formula is C22H29N3O3. The van der Waals surface area contributed by atoms with Crippen LogP contribution >= 0.6 is 0 Å². The summed E-state index contributed by atoms with van der Waals surface area (Å²) >= 11 is 0. The molecule has 6 nitrogen and oxygen atoms in total. The molecule has 2 aliphatic rings. The molecule has 6 heteroatoms. The van der Waals surface area contributed by atoms with Crippen molar-refractivity contribution < 1.29 is 14.3 Å². The molecule has 1 atom stereocenters. The molecule has 1 N–H and O–H groups in total. The number of nitrogens with one attached hydrogen (secondary N) is 1. The third-order valence-corrected chi connectivity index (χ3v) is 5.69. The van der Waals surface area contributed by atoms with Crippen molar-refractivity contribution in [1.29, 1.82) is 0 Å². The highest BCUT2D eigenvalue weighted by molar-refractivity contribution is 5.86. The molecule has 2 fully saturated rings. The molecule has 1 aromatic heterocycles. The summed E-state index contributed by atoms with van der Waals surface area (Å²) in [7, 11) is 0. The number of pyridine rings is 1. The van der Waals surface area contributed by atoms with Gasteiger partial charge >= 0.3 is 0 Å². The Morgan fingerprint density at radius 2 is 2.11 bits per heavy atom. The maximum absolute atomic E-state index is 12.1. The molecule has 0 bridgehead atoms. The molecule has 2 aliphatic heterocycles. The second-order valence-electron chi connectivity index (χ2n) is 7.89. The van der Waals surface area contributed by atoms with E-state index >= 15 is 0 Å². The topological polar surface area (TPSA) is 63.7 Å². The molecule has 3 heterocycles.